The van der Waals surface area contributed by atoms with E-state index in [0.29, 0.717) is 32.0 Å². The van der Waals surface area contributed by atoms with Crippen molar-refractivity contribution in [2.45, 2.75) is 64.4 Å². The Kier molecular flexibility index (Phi) is 6.48. The molecule has 0 radical (unpaired) electrons. The lowest BCUT2D eigenvalue weighted by molar-refractivity contribution is -0.124. The van der Waals surface area contributed by atoms with E-state index in [0.717, 1.165) is 30.1 Å². The van der Waals surface area contributed by atoms with Crippen LogP contribution in [-0.2, 0) is 16.0 Å². The number of ether oxygens (including phenoxy) is 1. The van der Waals surface area contributed by atoms with Crippen molar-refractivity contribution in [1.82, 2.24) is 25.2 Å². The van der Waals surface area contributed by atoms with Crippen molar-refractivity contribution >= 4 is 12.0 Å². The molecule has 1 atom stereocenters. The molecule has 2 N–H and O–H groups in total. The Hall–Kier alpha value is -2.90. The molecule has 2 aliphatic rings. The fourth-order valence-corrected chi connectivity index (χ4v) is 3.91. The molecule has 32 heavy (non-hydrogen) atoms. The van der Waals surface area contributed by atoms with Crippen molar-refractivity contribution < 1.29 is 14.3 Å². The van der Waals surface area contributed by atoms with Gasteiger partial charge in [0.1, 0.15) is 11.3 Å². The Morgan fingerprint density at radius 3 is 2.81 bits per heavy atom. The molecule has 0 aromatic carbocycles. The molecule has 2 amide bonds. The highest BCUT2D eigenvalue weighted by molar-refractivity contribution is 5.80. The van der Waals surface area contributed by atoms with Gasteiger partial charge in [-0.3, -0.25) is 4.79 Å². The maximum Gasteiger partial charge on any atom is 0.410 e. The number of rotatable bonds is 7. The van der Waals surface area contributed by atoms with Gasteiger partial charge in [0.15, 0.2) is 5.82 Å². The number of aromatic nitrogens is 3. The van der Waals surface area contributed by atoms with Crippen LogP contribution in [0.15, 0.2) is 24.4 Å². The zero-order chi connectivity index (χ0) is 22.7. The Labute approximate surface area is 189 Å². The standard InChI is InChI=1S/C24H33N5O3/c1-24(2,3)32-23(31)29-13-11-17(15-29)22(30)25-12-5-7-18-6-4-8-19(27-18)21-26-14-20(28-21)16-9-10-16/h4,6,8,14,16-17H,5,7,9-13,15H2,1-3H3,(H,25,30)(H,26,28). The van der Waals surface area contributed by atoms with Crippen LogP contribution < -0.4 is 5.32 Å². The molecule has 1 unspecified atom stereocenters. The molecular weight excluding hydrogens is 406 g/mol. The molecule has 8 nitrogen and oxygen atoms in total. The van der Waals surface area contributed by atoms with E-state index in [-0.39, 0.29) is 17.9 Å². The Morgan fingerprint density at radius 1 is 1.25 bits per heavy atom. The maximum absolute atomic E-state index is 12.5. The third-order valence-electron chi connectivity index (χ3n) is 5.78. The number of hydrogen-bond donors (Lipinski definition) is 2. The monoisotopic (exact) mass is 439 g/mol. The second-order valence-corrected chi connectivity index (χ2v) is 9.78. The van der Waals surface area contributed by atoms with Crippen molar-refractivity contribution in [2.24, 2.45) is 5.92 Å². The van der Waals surface area contributed by atoms with Crippen molar-refractivity contribution in [3.05, 3.63) is 35.8 Å². The lowest BCUT2D eigenvalue weighted by Gasteiger charge is -2.24. The number of imidazole rings is 1. The van der Waals surface area contributed by atoms with E-state index in [9.17, 15) is 9.59 Å². The number of pyridine rings is 1. The highest BCUT2D eigenvalue weighted by Gasteiger charge is 2.33. The summed E-state index contributed by atoms with van der Waals surface area (Å²) in [5.74, 6) is 1.28. The van der Waals surface area contributed by atoms with E-state index in [4.69, 9.17) is 9.72 Å². The molecule has 8 heteroatoms. The Morgan fingerprint density at radius 2 is 2.06 bits per heavy atom. The van der Waals surface area contributed by atoms with Crippen LogP contribution in [0.3, 0.4) is 0 Å². The third kappa shape index (κ3) is 5.87. The minimum Gasteiger partial charge on any atom is -0.444 e. The molecule has 1 saturated heterocycles. The van der Waals surface area contributed by atoms with Gasteiger partial charge in [-0.05, 0) is 65.0 Å². The summed E-state index contributed by atoms with van der Waals surface area (Å²) < 4.78 is 5.40. The van der Waals surface area contributed by atoms with Crippen LogP contribution >= 0.6 is 0 Å². The van der Waals surface area contributed by atoms with Crippen molar-refractivity contribution in [2.75, 3.05) is 19.6 Å². The molecule has 2 aromatic rings. The first-order valence-electron chi connectivity index (χ1n) is 11.6. The van der Waals surface area contributed by atoms with E-state index < -0.39 is 5.60 Å². The van der Waals surface area contributed by atoms with Crippen LogP contribution in [0, 0.1) is 5.92 Å². The van der Waals surface area contributed by atoms with Gasteiger partial charge in [0, 0.05) is 43.1 Å². The van der Waals surface area contributed by atoms with Crippen LogP contribution in [0.2, 0.25) is 0 Å². The van der Waals surface area contributed by atoms with Gasteiger partial charge < -0.3 is 19.9 Å². The quantitative estimate of drug-likeness (QED) is 0.642. The number of carbonyl (C=O) groups excluding carboxylic acids is 2. The molecule has 0 spiro atoms. The molecule has 2 fully saturated rings. The van der Waals surface area contributed by atoms with Gasteiger partial charge in [0.2, 0.25) is 5.91 Å². The second-order valence-electron chi connectivity index (χ2n) is 9.78. The molecule has 172 valence electrons. The van der Waals surface area contributed by atoms with Crippen LogP contribution in [-0.4, -0.2) is 57.1 Å². The fraction of sp³-hybridized carbons (Fsp3) is 0.583. The van der Waals surface area contributed by atoms with Crippen molar-refractivity contribution in [3.8, 4) is 11.5 Å². The summed E-state index contributed by atoms with van der Waals surface area (Å²) in [7, 11) is 0. The first kappa shape index (κ1) is 22.3. The summed E-state index contributed by atoms with van der Waals surface area (Å²) in [5.41, 5.74) is 2.51. The molecule has 1 aliphatic carbocycles. The molecular formula is C24H33N5O3. The van der Waals surface area contributed by atoms with Gasteiger partial charge in [0.05, 0.1) is 5.92 Å². The summed E-state index contributed by atoms with van der Waals surface area (Å²) in [4.78, 5) is 38.9. The number of likely N-dealkylation sites (tertiary alicyclic amines) is 1. The fourth-order valence-electron chi connectivity index (χ4n) is 3.91. The Bertz CT molecular complexity index is 961. The summed E-state index contributed by atoms with van der Waals surface area (Å²) in [5, 5.41) is 3.01. The van der Waals surface area contributed by atoms with E-state index >= 15 is 0 Å². The normalized spacial score (nSPS) is 18.6. The first-order valence-corrected chi connectivity index (χ1v) is 11.6. The average molecular weight is 440 g/mol. The van der Waals surface area contributed by atoms with Gasteiger partial charge in [-0.2, -0.15) is 0 Å². The molecule has 1 aliphatic heterocycles. The van der Waals surface area contributed by atoms with Gasteiger partial charge in [-0.15, -0.1) is 0 Å². The largest absolute Gasteiger partial charge is 0.444 e. The summed E-state index contributed by atoms with van der Waals surface area (Å²) in [6, 6.07) is 5.97. The number of aryl methyl sites for hydroxylation is 1. The SMILES string of the molecule is CC(C)(C)OC(=O)N1CCC(C(=O)NCCCc2cccc(-c3ncc(C4CC4)[nH]3)n2)C1. The van der Waals surface area contributed by atoms with Gasteiger partial charge in [-0.1, -0.05) is 6.07 Å². The van der Waals surface area contributed by atoms with Gasteiger partial charge in [0.25, 0.3) is 0 Å². The predicted octanol–water partition coefficient (Wildman–Crippen LogP) is 3.65. The number of hydrogen-bond acceptors (Lipinski definition) is 5. The minimum atomic E-state index is -0.529. The van der Waals surface area contributed by atoms with E-state index in [1.54, 1.807) is 4.90 Å². The Balaban J connectivity index is 1.20. The highest BCUT2D eigenvalue weighted by atomic mass is 16.6. The smallest absolute Gasteiger partial charge is 0.410 e. The van der Waals surface area contributed by atoms with Crippen LogP contribution in [0.5, 0.6) is 0 Å². The molecule has 3 heterocycles. The number of nitrogens with one attached hydrogen (secondary N) is 2. The molecule has 4 rings (SSSR count). The van der Waals surface area contributed by atoms with Crippen molar-refractivity contribution in [1.29, 1.82) is 0 Å². The summed E-state index contributed by atoms with van der Waals surface area (Å²) >= 11 is 0. The lowest BCUT2D eigenvalue weighted by Crippen LogP contribution is -2.37. The second kappa shape index (κ2) is 9.30. The number of H-pyrrole nitrogens is 1. The van der Waals surface area contributed by atoms with Gasteiger partial charge in [-0.25, -0.2) is 14.8 Å². The number of aromatic amines is 1. The van der Waals surface area contributed by atoms with Crippen LogP contribution in [0.4, 0.5) is 4.79 Å². The minimum absolute atomic E-state index is 0.000888. The van der Waals surface area contributed by atoms with Gasteiger partial charge >= 0.3 is 6.09 Å². The summed E-state index contributed by atoms with van der Waals surface area (Å²) in [6.07, 6.45) is 6.29. The molecule has 2 aromatic heterocycles. The first-order chi connectivity index (χ1) is 15.3. The lowest BCUT2D eigenvalue weighted by atomic mass is 10.1. The highest BCUT2D eigenvalue weighted by Crippen LogP contribution is 2.39. The molecule has 0 bridgehead atoms. The van der Waals surface area contributed by atoms with E-state index in [1.807, 2.05) is 45.2 Å². The van der Waals surface area contributed by atoms with Crippen LogP contribution in [0.25, 0.3) is 11.5 Å². The van der Waals surface area contributed by atoms with Crippen LogP contribution in [0.1, 0.15) is 63.8 Å². The third-order valence-corrected chi connectivity index (χ3v) is 5.78. The maximum atomic E-state index is 12.5. The summed E-state index contributed by atoms with van der Waals surface area (Å²) in [6.45, 7) is 7.08. The topological polar surface area (TPSA) is 100 Å². The molecule has 1 saturated carbocycles. The number of amides is 2. The zero-order valence-corrected chi connectivity index (χ0v) is 19.2. The number of nitrogens with zero attached hydrogens (tertiary/aromatic N) is 3. The average Bonchev–Trinajstić information content (AvgIpc) is 3.26. The van der Waals surface area contributed by atoms with E-state index in [1.165, 1.54) is 18.5 Å². The van der Waals surface area contributed by atoms with Crippen molar-refractivity contribution in [3.63, 3.8) is 0 Å². The predicted molar refractivity (Wildman–Crippen MR) is 121 cm³/mol. The zero-order valence-electron chi connectivity index (χ0n) is 19.2. The number of carbonyl (C=O) groups is 2. The van der Waals surface area contributed by atoms with E-state index in [2.05, 4.69) is 15.3 Å².